The topological polar surface area (TPSA) is 112 Å². The molecule has 0 unspecified atom stereocenters. The Labute approximate surface area is 101 Å². The van der Waals surface area contributed by atoms with E-state index in [4.69, 9.17) is 10.2 Å². The minimum absolute atomic E-state index is 0.325. The first-order chi connectivity index (χ1) is 8.00. The number of hydrogen-bond donors (Lipinski definition) is 4. The normalized spacial score (nSPS) is 11.9. The number of aliphatic hydroxyl groups excluding tert-OH is 1. The van der Waals surface area contributed by atoms with Crippen LogP contribution >= 0.6 is 11.3 Å². The highest BCUT2D eigenvalue weighted by molar-refractivity contribution is 7.09. The van der Waals surface area contributed by atoms with Gasteiger partial charge in [0.05, 0.1) is 24.3 Å². The third-order valence-electron chi connectivity index (χ3n) is 2.00. The molecule has 0 fully saturated rings. The third-order valence-corrected chi connectivity index (χ3v) is 2.93. The first-order valence-electron chi connectivity index (χ1n) is 4.82. The number of carbonyl (C=O) groups is 2. The zero-order chi connectivity index (χ0) is 12.8. The average Bonchev–Trinajstić information content (AvgIpc) is 2.68. The van der Waals surface area contributed by atoms with Gasteiger partial charge in [0.1, 0.15) is 0 Å². The molecule has 0 saturated heterocycles. The molecule has 0 aliphatic rings. The van der Waals surface area contributed by atoms with Crippen LogP contribution in [0.25, 0.3) is 0 Å². The van der Waals surface area contributed by atoms with Crippen molar-refractivity contribution in [2.75, 3.05) is 6.54 Å². The number of carboxylic acid groups (broad SMARTS) is 1. The fourth-order valence-electron chi connectivity index (χ4n) is 0.996. The van der Waals surface area contributed by atoms with Crippen LogP contribution in [0.5, 0.6) is 0 Å². The van der Waals surface area contributed by atoms with E-state index in [0.717, 1.165) is 10.6 Å². The number of aryl methyl sites for hydroxylation is 1. The molecule has 2 amide bonds. The number of nitrogens with zero attached hydrogens (tertiary/aromatic N) is 1. The van der Waals surface area contributed by atoms with Crippen molar-refractivity contribution in [3.63, 3.8) is 0 Å². The van der Waals surface area contributed by atoms with Gasteiger partial charge in [0.15, 0.2) is 6.10 Å². The maximum atomic E-state index is 11.2. The molecule has 1 rings (SSSR count). The van der Waals surface area contributed by atoms with Crippen LogP contribution in [0.3, 0.4) is 0 Å². The van der Waals surface area contributed by atoms with Crippen molar-refractivity contribution >= 4 is 23.3 Å². The molecule has 0 saturated carbocycles. The Bertz CT molecular complexity index is 407. The second-order valence-corrected chi connectivity index (χ2v) is 4.22. The molecule has 1 aromatic rings. The fraction of sp³-hybridized carbons (Fsp3) is 0.444. The van der Waals surface area contributed by atoms with Crippen LogP contribution in [-0.2, 0) is 11.3 Å². The number of aliphatic carboxylic acids is 1. The summed E-state index contributed by atoms with van der Waals surface area (Å²) in [5.74, 6) is -1.37. The Morgan fingerprint density at radius 3 is 2.76 bits per heavy atom. The summed E-state index contributed by atoms with van der Waals surface area (Å²) in [6.07, 6.45) is -1.59. The number of aliphatic hydroxyl groups is 1. The molecule has 0 radical (unpaired) electrons. The second-order valence-electron chi connectivity index (χ2n) is 3.28. The number of rotatable bonds is 5. The zero-order valence-electron chi connectivity index (χ0n) is 9.14. The van der Waals surface area contributed by atoms with Crippen molar-refractivity contribution < 1.29 is 19.8 Å². The van der Waals surface area contributed by atoms with E-state index < -0.39 is 18.1 Å². The molecular formula is C9H13N3O4S. The highest BCUT2D eigenvalue weighted by atomic mass is 32.1. The van der Waals surface area contributed by atoms with E-state index in [1.807, 2.05) is 6.92 Å². The van der Waals surface area contributed by atoms with Gasteiger partial charge in [0.25, 0.3) is 0 Å². The van der Waals surface area contributed by atoms with Crippen molar-refractivity contribution in [1.29, 1.82) is 0 Å². The molecule has 0 spiro atoms. The first-order valence-corrected chi connectivity index (χ1v) is 5.70. The van der Waals surface area contributed by atoms with Crippen molar-refractivity contribution in [2.45, 2.75) is 19.6 Å². The summed E-state index contributed by atoms with van der Waals surface area (Å²) in [4.78, 5) is 26.5. The number of urea groups is 1. The third kappa shape index (κ3) is 4.37. The molecule has 17 heavy (non-hydrogen) atoms. The summed E-state index contributed by atoms with van der Waals surface area (Å²) in [6, 6.07) is -0.530. The molecule has 1 aromatic heterocycles. The highest BCUT2D eigenvalue weighted by Gasteiger charge is 2.13. The van der Waals surface area contributed by atoms with Gasteiger partial charge >= 0.3 is 12.0 Å². The predicted octanol–water partition coefficient (Wildman–Crippen LogP) is -0.304. The lowest BCUT2D eigenvalue weighted by molar-refractivity contribution is -0.146. The summed E-state index contributed by atoms with van der Waals surface area (Å²) in [5.41, 5.74) is 2.53. The van der Waals surface area contributed by atoms with E-state index in [1.165, 1.54) is 11.3 Å². The van der Waals surface area contributed by atoms with Gasteiger partial charge < -0.3 is 20.8 Å². The van der Waals surface area contributed by atoms with E-state index in [1.54, 1.807) is 5.51 Å². The van der Waals surface area contributed by atoms with E-state index in [0.29, 0.717) is 6.54 Å². The van der Waals surface area contributed by atoms with Crippen LogP contribution in [0.15, 0.2) is 5.51 Å². The van der Waals surface area contributed by atoms with Crippen molar-refractivity contribution in [2.24, 2.45) is 0 Å². The number of carboxylic acids is 1. The fourth-order valence-corrected chi connectivity index (χ4v) is 1.71. The van der Waals surface area contributed by atoms with Gasteiger partial charge in [0, 0.05) is 4.88 Å². The summed E-state index contributed by atoms with van der Waals surface area (Å²) < 4.78 is 0. The molecule has 94 valence electrons. The lowest BCUT2D eigenvalue weighted by Gasteiger charge is -2.08. The molecule has 1 atom stereocenters. The Morgan fingerprint density at radius 1 is 1.53 bits per heavy atom. The second kappa shape index (κ2) is 6.16. The molecule has 7 nitrogen and oxygen atoms in total. The van der Waals surface area contributed by atoms with E-state index in [2.05, 4.69) is 15.6 Å². The number of amides is 2. The molecule has 0 aromatic carbocycles. The van der Waals surface area contributed by atoms with Crippen LogP contribution in [0.4, 0.5) is 4.79 Å². The summed E-state index contributed by atoms with van der Waals surface area (Å²) in [6.45, 7) is 1.83. The smallest absolute Gasteiger partial charge is 0.334 e. The molecular weight excluding hydrogens is 246 g/mol. The Balaban J connectivity index is 2.27. The Kier molecular flexibility index (Phi) is 4.85. The van der Waals surface area contributed by atoms with Crippen molar-refractivity contribution in [3.05, 3.63) is 16.1 Å². The largest absolute Gasteiger partial charge is 0.479 e. The minimum atomic E-state index is -1.59. The molecule has 0 bridgehead atoms. The van der Waals surface area contributed by atoms with Crippen LogP contribution < -0.4 is 10.6 Å². The van der Waals surface area contributed by atoms with Gasteiger partial charge in [-0.2, -0.15) is 0 Å². The van der Waals surface area contributed by atoms with E-state index in [-0.39, 0.29) is 6.54 Å². The van der Waals surface area contributed by atoms with Gasteiger partial charge in [-0.1, -0.05) is 0 Å². The summed E-state index contributed by atoms with van der Waals surface area (Å²) in [7, 11) is 0. The van der Waals surface area contributed by atoms with Crippen LogP contribution in [-0.4, -0.2) is 39.8 Å². The van der Waals surface area contributed by atoms with Crippen LogP contribution in [0, 0.1) is 6.92 Å². The van der Waals surface area contributed by atoms with E-state index >= 15 is 0 Å². The number of hydrogen-bond acceptors (Lipinski definition) is 5. The average molecular weight is 259 g/mol. The first kappa shape index (κ1) is 13.4. The number of carbonyl (C=O) groups excluding carboxylic acids is 1. The van der Waals surface area contributed by atoms with Crippen LogP contribution in [0.2, 0.25) is 0 Å². The lowest BCUT2D eigenvalue weighted by Crippen LogP contribution is -2.41. The molecule has 8 heteroatoms. The minimum Gasteiger partial charge on any atom is -0.479 e. The quantitative estimate of drug-likeness (QED) is 0.580. The zero-order valence-corrected chi connectivity index (χ0v) is 9.95. The number of aromatic nitrogens is 1. The Hall–Kier alpha value is -1.67. The monoisotopic (exact) mass is 259 g/mol. The van der Waals surface area contributed by atoms with Gasteiger partial charge in [-0.15, -0.1) is 11.3 Å². The van der Waals surface area contributed by atoms with Gasteiger partial charge in [0.2, 0.25) is 0 Å². The number of nitrogens with one attached hydrogen (secondary N) is 2. The Morgan fingerprint density at radius 2 is 2.24 bits per heavy atom. The highest BCUT2D eigenvalue weighted by Crippen LogP contribution is 2.10. The SMILES string of the molecule is Cc1ncsc1CNC(=O)NC[C@H](O)C(=O)O. The molecule has 0 aliphatic carbocycles. The maximum absolute atomic E-state index is 11.2. The van der Waals surface area contributed by atoms with Gasteiger partial charge in [-0.05, 0) is 6.92 Å². The summed E-state index contributed by atoms with van der Waals surface area (Å²) in [5, 5.41) is 22.1. The standard InChI is InChI=1S/C9H13N3O4S/c1-5-7(17-4-12-5)3-11-9(16)10-2-6(13)8(14)15/h4,6,13H,2-3H2,1H3,(H,14,15)(H2,10,11,16)/t6-/m0/s1. The molecule has 0 aliphatic heterocycles. The summed E-state index contributed by atoms with van der Waals surface area (Å²) >= 11 is 1.42. The predicted molar refractivity (Wildman–Crippen MR) is 60.7 cm³/mol. The maximum Gasteiger partial charge on any atom is 0.334 e. The lowest BCUT2D eigenvalue weighted by atomic mass is 10.3. The number of thiazole rings is 1. The molecule has 4 N–H and O–H groups in total. The van der Waals surface area contributed by atoms with Gasteiger partial charge in [-0.25, -0.2) is 14.6 Å². The van der Waals surface area contributed by atoms with Crippen molar-refractivity contribution in [1.82, 2.24) is 15.6 Å². The van der Waals surface area contributed by atoms with E-state index in [9.17, 15) is 9.59 Å². The van der Waals surface area contributed by atoms with Crippen LogP contribution in [0.1, 0.15) is 10.6 Å². The van der Waals surface area contributed by atoms with Crippen molar-refractivity contribution in [3.8, 4) is 0 Å². The van der Waals surface area contributed by atoms with Gasteiger partial charge in [-0.3, -0.25) is 0 Å². The molecule has 1 heterocycles.